The average Bonchev–Trinajstić information content (AvgIpc) is 2.90. The number of nitrogens with zero attached hydrogens (tertiary/aromatic N) is 3. The Morgan fingerprint density at radius 1 is 1.11 bits per heavy atom. The summed E-state index contributed by atoms with van der Waals surface area (Å²) in [5.41, 5.74) is 9.78. The number of hydrogen-bond donors (Lipinski definition) is 2. The van der Waals surface area contributed by atoms with Gasteiger partial charge >= 0.3 is 0 Å². The Kier molecular flexibility index (Phi) is 4.78. The van der Waals surface area contributed by atoms with E-state index in [2.05, 4.69) is 38.5 Å². The fraction of sp³-hybridized carbons (Fsp3) is 0.238. The lowest BCUT2D eigenvalue weighted by Crippen LogP contribution is -2.36. The summed E-state index contributed by atoms with van der Waals surface area (Å²) in [4.78, 5) is 25.3. The normalized spacial score (nSPS) is 16.2. The summed E-state index contributed by atoms with van der Waals surface area (Å²) in [5, 5.41) is 3.10. The standard InChI is InChI=1S/C21H21N5O/c22-19-18(13-24-20(26-19)16-8-4-10-23-12-16)21(27)25-17-9-3-7-14-5-1-2-6-15(14)11-17/h1-2,4-6,8,10,12-13,17H,3,7,9,11H2,(H,25,27)(H2,22,24,26). The molecule has 6 nitrogen and oxygen atoms in total. The summed E-state index contributed by atoms with van der Waals surface area (Å²) in [6.07, 6.45) is 8.70. The smallest absolute Gasteiger partial charge is 0.256 e. The SMILES string of the molecule is Nc1nc(-c2cccnc2)ncc1C(=O)NC1CCCc2ccccc2C1. The van der Waals surface area contributed by atoms with Gasteiger partial charge in [-0.2, -0.15) is 0 Å². The number of hydrogen-bond acceptors (Lipinski definition) is 5. The second kappa shape index (κ2) is 7.53. The molecule has 1 unspecified atom stereocenters. The van der Waals surface area contributed by atoms with E-state index in [-0.39, 0.29) is 17.8 Å². The maximum atomic E-state index is 12.7. The van der Waals surface area contributed by atoms with Gasteiger partial charge in [0, 0.05) is 30.2 Å². The van der Waals surface area contributed by atoms with E-state index in [1.807, 2.05) is 12.1 Å². The van der Waals surface area contributed by atoms with E-state index in [9.17, 15) is 4.79 Å². The van der Waals surface area contributed by atoms with Crippen LogP contribution < -0.4 is 11.1 Å². The van der Waals surface area contributed by atoms with Gasteiger partial charge in [-0.3, -0.25) is 9.78 Å². The zero-order valence-electron chi connectivity index (χ0n) is 14.9. The van der Waals surface area contributed by atoms with Gasteiger partial charge in [0.15, 0.2) is 5.82 Å². The molecule has 1 aromatic carbocycles. The van der Waals surface area contributed by atoms with Crippen molar-refractivity contribution in [3.8, 4) is 11.4 Å². The van der Waals surface area contributed by atoms with Crippen molar-refractivity contribution in [2.75, 3.05) is 5.73 Å². The highest BCUT2D eigenvalue weighted by atomic mass is 16.1. The topological polar surface area (TPSA) is 93.8 Å². The number of amides is 1. The highest BCUT2D eigenvalue weighted by Crippen LogP contribution is 2.21. The molecule has 3 aromatic rings. The van der Waals surface area contributed by atoms with Gasteiger partial charge < -0.3 is 11.1 Å². The number of nitrogen functional groups attached to an aromatic ring is 1. The molecule has 0 saturated heterocycles. The Hall–Kier alpha value is -3.28. The van der Waals surface area contributed by atoms with E-state index in [0.717, 1.165) is 31.2 Å². The predicted octanol–water partition coefficient (Wildman–Crippen LogP) is 2.80. The molecule has 27 heavy (non-hydrogen) atoms. The highest BCUT2D eigenvalue weighted by Gasteiger charge is 2.21. The number of nitrogens with two attached hydrogens (primary N) is 1. The molecule has 2 aromatic heterocycles. The van der Waals surface area contributed by atoms with Crippen molar-refractivity contribution in [2.45, 2.75) is 31.7 Å². The first-order chi connectivity index (χ1) is 13.2. The Morgan fingerprint density at radius 2 is 1.96 bits per heavy atom. The van der Waals surface area contributed by atoms with Crippen LogP contribution in [0.15, 0.2) is 55.0 Å². The molecule has 4 rings (SSSR count). The van der Waals surface area contributed by atoms with Crippen LogP contribution in [0, 0.1) is 0 Å². The zero-order valence-corrected chi connectivity index (χ0v) is 14.9. The quantitative estimate of drug-likeness (QED) is 0.701. The molecule has 0 fully saturated rings. The summed E-state index contributed by atoms with van der Waals surface area (Å²) in [6, 6.07) is 12.2. The number of aromatic nitrogens is 3. The summed E-state index contributed by atoms with van der Waals surface area (Å²) in [7, 11) is 0. The van der Waals surface area contributed by atoms with Crippen LogP contribution in [-0.4, -0.2) is 26.9 Å². The van der Waals surface area contributed by atoms with Gasteiger partial charge in [0.1, 0.15) is 5.82 Å². The maximum absolute atomic E-state index is 12.7. The number of carbonyl (C=O) groups is 1. The lowest BCUT2D eigenvalue weighted by atomic mass is 10.0. The number of nitrogens with one attached hydrogen (secondary N) is 1. The molecule has 0 bridgehead atoms. The third kappa shape index (κ3) is 3.79. The first kappa shape index (κ1) is 17.1. The predicted molar refractivity (Wildman–Crippen MR) is 104 cm³/mol. The molecule has 136 valence electrons. The van der Waals surface area contributed by atoms with E-state index in [4.69, 9.17) is 5.73 Å². The van der Waals surface area contributed by atoms with Crippen LogP contribution >= 0.6 is 0 Å². The van der Waals surface area contributed by atoms with Crippen molar-refractivity contribution in [1.82, 2.24) is 20.3 Å². The second-order valence-corrected chi connectivity index (χ2v) is 6.77. The van der Waals surface area contributed by atoms with Crippen LogP contribution in [0.4, 0.5) is 5.82 Å². The summed E-state index contributed by atoms with van der Waals surface area (Å²) in [5.74, 6) is 0.408. The third-order valence-corrected chi connectivity index (χ3v) is 4.90. The minimum absolute atomic E-state index is 0.0820. The van der Waals surface area contributed by atoms with E-state index in [1.54, 1.807) is 18.5 Å². The van der Waals surface area contributed by atoms with Crippen LogP contribution in [0.3, 0.4) is 0 Å². The molecule has 1 amide bonds. The van der Waals surface area contributed by atoms with Gasteiger partial charge in [0.2, 0.25) is 0 Å². The lowest BCUT2D eigenvalue weighted by Gasteiger charge is -2.17. The van der Waals surface area contributed by atoms with Crippen LogP contribution in [0.1, 0.15) is 34.3 Å². The summed E-state index contributed by atoms with van der Waals surface area (Å²) < 4.78 is 0. The van der Waals surface area contributed by atoms with Crippen molar-refractivity contribution in [1.29, 1.82) is 0 Å². The van der Waals surface area contributed by atoms with E-state index >= 15 is 0 Å². The van der Waals surface area contributed by atoms with Crippen molar-refractivity contribution in [3.63, 3.8) is 0 Å². The molecule has 1 aliphatic carbocycles. The van der Waals surface area contributed by atoms with Gasteiger partial charge in [0.25, 0.3) is 5.91 Å². The Bertz CT molecular complexity index is 958. The number of aryl methyl sites for hydroxylation is 1. The average molecular weight is 359 g/mol. The number of pyridine rings is 1. The number of fused-ring (bicyclic) bond motifs is 1. The minimum atomic E-state index is -0.227. The van der Waals surface area contributed by atoms with Gasteiger partial charge in [-0.15, -0.1) is 0 Å². The molecule has 2 heterocycles. The molecule has 1 aliphatic rings. The molecule has 1 atom stereocenters. The fourth-order valence-electron chi connectivity index (χ4n) is 3.50. The van der Waals surface area contributed by atoms with Crippen LogP contribution in [0.2, 0.25) is 0 Å². The summed E-state index contributed by atoms with van der Waals surface area (Å²) in [6.45, 7) is 0. The van der Waals surface area contributed by atoms with Crippen LogP contribution in [0.5, 0.6) is 0 Å². The van der Waals surface area contributed by atoms with E-state index in [1.165, 1.54) is 17.3 Å². The Labute approximate surface area is 157 Å². The third-order valence-electron chi connectivity index (χ3n) is 4.90. The van der Waals surface area contributed by atoms with Crippen molar-refractivity contribution >= 4 is 11.7 Å². The minimum Gasteiger partial charge on any atom is -0.383 e. The molecule has 0 aliphatic heterocycles. The fourth-order valence-corrected chi connectivity index (χ4v) is 3.50. The molecule has 6 heteroatoms. The van der Waals surface area contributed by atoms with Crippen LogP contribution in [0.25, 0.3) is 11.4 Å². The first-order valence-corrected chi connectivity index (χ1v) is 9.11. The van der Waals surface area contributed by atoms with E-state index in [0.29, 0.717) is 11.4 Å². The Morgan fingerprint density at radius 3 is 2.74 bits per heavy atom. The van der Waals surface area contributed by atoms with Crippen molar-refractivity contribution in [3.05, 3.63) is 71.7 Å². The number of benzene rings is 1. The largest absolute Gasteiger partial charge is 0.383 e. The second-order valence-electron chi connectivity index (χ2n) is 6.77. The number of carbonyl (C=O) groups excluding carboxylic acids is 1. The van der Waals surface area contributed by atoms with Gasteiger partial charge in [-0.05, 0) is 48.9 Å². The lowest BCUT2D eigenvalue weighted by molar-refractivity contribution is 0.0935. The first-order valence-electron chi connectivity index (χ1n) is 9.11. The van der Waals surface area contributed by atoms with E-state index < -0.39 is 0 Å². The number of rotatable bonds is 3. The molecule has 0 saturated carbocycles. The van der Waals surface area contributed by atoms with Crippen LogP contribution in [-0.2, 0) is 12.8 Å². The van der Waals surface area contributed by atoms with Crippen molar-refractivity contribution < 1.29 is 4.79 Å². The zero-order chi connectivity index (χ0) is 18.6. The summed E-state index contributed by atoms with van der Waals surface area (Å²) >= 11 is 0. The molecular weight excluding hydrogens is 338 g/mol. The maximum Gasteiger partial charge on any atom is 0.256 e. The Balaban J connectivity index is 1.50. The van der Waals surface area contributed by atoms with Gasteiger partial charge in [-0.1, -0.05) is 24.3 Å². The monoisotopic (exact) mass is 359 g/mol. The van der Waals surface area contributed by atoms with Gasteiger partial charge in [-0.25, -0.2) is 9.97 Å². The van der Waals surface area contributed by atoms with Gasteiger partial charge in [0.05, 0.1) is 5.56 Å². The molecule has 0 spiro atoms. The van der Waals surface area contributed by atoms with Crippen molar-refractivity contribution in [2.24, 2.45) is 0 Å². The molecular formula is C21H21N5O. The molecule has 3 N–H and O–H groups in total. The highest BCUT2D eigenvalue weighted by molar-refractivity contribution is 5.98. The number of anilines is 1. The molecule has 0 radical (unpaired) electrons.